The van der Waals surface area contributed by atoms with Crippen LogP contribution < -0.4 is 0 Å². The number of non-ortho nitro benzene ring substituents is 1. The summed E-state index contributed by atoms with van der Waals surface area (Å²) in [5.41, 5.74) is 0.375. The molecule has 0 N–H and O–H groups in total. The molecule has 0 spiro atoms. The molecule has 0 bridgehead atoms. The molecule has 1 aromatic carbocycles. The Balaban J connectivity index is 2.82. The van der Waals surface area contributed by atoms with Crippen molar-refractivity contribution in [1.29, 1.82) is 10.5 Å². The van der Waals surface area contributed by atoms with E-state index in [1.54, 1.807) is 0 Å². The third kappa shape index (κ3) is 1.72. The Morgan fingerprint density at radius 2 is 1.94 bits per heavy atom. The van der Waals surface area contributed by atoms with Crippen LogP contribution >= 0.6 is 0 Å². The maximum absolute atomic E-state index is 10.9. The largest absolute Gasteiger partial charge is 0.277 e. The van der Waals surface area contributed by atoms with Crippen molar-refractivity contribution in [2.24, 2.45) is 0 Å². The summed E-state index contributed by atoms with van der Waals surface area (Å²) in [6.45, 7) is 0. The number of benzene rings is 1. The van der Waals surface area contributed by atoms with E-state index >= 15 is 0 Å². The van der Waals surface area contributed by atoms with Crippen LogP contribution in [0.2, 0.25) is 0 Å². The molecule has 18 heavy (non-hydrogen) atoms. The van der Waals surface area contributed by atoms with Gasteiger partial charge in [0.05, 0.1) is 22.4 Å². The second kappa shape index (κ2) is 4.48. The van der Waals surface area contributed by atoms with Crippen LogP contribution in [0.1, 0.15) is 11.5 Å². The molecular formula is C12H6N4O2. The summed E-state index contributed by atoms with van der Waals surface area (Å²) in [7, 11) is 0. The van der Waals surface area contributed by atoms with Gasteiger partial charge in [0, 0.05) is 23.8 Å². The normalized spacial score (nSPS) is 9.94. The van der Waals surface area contributed by atoms with Crippen LogP contribution in [0.3, 0.4) is 0 Å². The van der Waals surface area contributed by atoms with Crippen LogP contribution in [0.5, 0.6) is 0 Å². The number of nitro benzene ring substituents is 1. The molecule has 0 unspecified atom stereocenters. The summed E-state index contributed by atoms with van der Waals surface area (Å²) < 4.78 is 0. The molecule has 1 aromatic heterocycles. The highest BCUT2D eigenvalue weighted by Gasteiger charge is 2.19. The predicted molar refractivity (Wildman–Crippen MR) is 62.4 cm³/mol. The predicted octanol–water partition coefficient (Wildman–Crippen LogP) is 2.27. The Morgan fingerprint density at radius 3 is 2.56 bits per heavy atom. The zero-order valence-electron chi connectivity index (χ0n) is 9.07. The molecule has 86 valence electrons. The number of hydrogen-bond acceptors (Lipinski definition) is 5. The van der Waals surface area contributed by atoms with Gasteiger partial charge in [0.1, 0.15) is 0 Å². The number of hydrogen-bond donors (Lipinski definition) is 0. The van der Waals surface area contributed by atoms with E-state index in [1.165, 1.54) is 30.6 Å². The lowest BCUT2D eigenvalue weighted by molar-refractivity contribution is -0.383. The number of aromatic nitrogens is 1. The molecule has 0 aliphatic carbocycles. The average Bonchev–Trinajstić information content (AvgIpc) is 2.39. The van der Waals surface area contributed by atoms with E-state index in [1.807, 2.05) is 12.1 Å². The minimum atomic E-state index is -0.961. The van der Waals surface area contributed by atoms with Crippen LogP contribution in [0, 0.1) is 32.8 Å². The van der Waals surface area contributed by atoms with Crippen molar-refractivity contribution in [1.82, 2.24) is 4.98 Å². The zero-order chi connectivity index (χ0) is 13.1. The molecule has 6 heteroatoms. The maximum Gasteiger partial charge on any atom is 0.277 e. The Kier molecular flexibility index (Phi) is 2.86. The van der Waals surface area contributed by atoms with E-state index in [0.717, 1.165) is 0 Å². The third-order valence-corrected chi connectivity index (χ3v) is 2.59. The van der Waals surface area contributed by atoms with Crippen molar-refractivity contribution in [3.05, 3.63) is 46.3 Å². The minimum Gasteiger partial charge on any atom is -0.264 e. The van der Waals surface area contributed by atoms with Gasteiger partial charge in [0.2, 0.25) is 0 Å². The summed E-state index contributed by atoms with van der Waals surface area (Å²) in [6.07, 6.45) is 2.87. The van der Waals surface area contributed by atoms with Crippen molar-refractivity contribution in [3.8, 4) is 12.1 Å². The highest BCUT2D eigenvalue weighted by Crippen LogP contribution is 2.31. The van der Waals surface area contributed by atoms with Crippen molar-refractivity contribution in [2.45, 2.75) is 5.92 Å². The van der Waals surface area contributed by atoms with Gasteiger partial charge in [-0.25, -0.2) is 0 Å². The van der Waals surface area contributed by atoms with Gasteiger partial charge in [-0.05, 0) is 17.7 Å². The molecule has 2 rings (SSSR count). The molecule has 0 aliphatic rings. The summed E-state index contributed by atoms with van der Waals surface area (Å²) in [5.74, 6) is -0.961. The Bertz CT molecular complexity index is 698. The number of nitrogens with zero attached hydrogens (tertiary/aromatic N) is 4. The SMILES string of the molecule is N#CC(C#N)c1ccc([N+](=O)[O-])c2ccncc12. The van der Waals surface area contributed by atoms with Crippen molar-refractivity contribution >= 4 is 16.5 Å². The average molecular weight is 238 g/mol. The highest BCUT2D eigenvalue weighted by atomic mass is 16.6. The van der Waals surface area contributed by atoms with Crippen LogP contribution in [-0.4, -0.2) is 9.91 Å². The van der Waals surface area contributed by atoms with Crippen LogP contribution in [0.25, 0.3) is 10.8 Å². The van der Waals surface area contributed by atoms with E-state index in [2.05, 4.69) is 4.98 Å². The van der Waals surface area contributed by atoms with E-state index in [0.29, 0.717) is 16.3 Å². The van der Waals surface area contributed by atoms with Crippen molar-refractivity contribution in [3.63, 3.8) is 0 Å². The third-order valence-electron chi connectivity index (χ3n) is 2.59. The smallest absolute Gasteiger partial charge is 0.264 e. The van der Waals surface area contributed by atoms with Crippen LogP contribution in [0.4, 0.5) is 5.69 Å². The van der Waals surface area contributed by atoms with Gasteiger partial charge >= 0.3 is 0 Å². The van der Waals surface area contributed by atoms with Crippen molar-refractivity contribution in [2.75, 3.05) is 0 Å². The van der Waals surface area contributed by atoms with Gasteiger partial charge in [-0.2, -0.15) is 10.5 Å². The van der Waals surface area contributed by atoms with E-state index < -0.39 is 10.8 Å². The van der Waals surface area contributed by atoms with Gasteiger partial charge < -0.3 is 0 Å². The molecule has 0 saturated heterocycles. The zero-order valence-corrected chi connectivity index (χ0v) is 9.07. The highest BCUT2D eigenvalue weighted by molar-refractivity contribution is 5.93. The van der Waals surface area contributed by atoms with Gasteiger partial charge in [-0.15, -0.1) is 0 Å². The minimum absolute atomic E-state index is 0.0641. The molecular weight excluding hydrogens is 232 g/mol. The number of pyridine rings is 1. The molecule has 6 nitrogen and oxygen atoms in total. The van der Waals surface area contributed by atoms with Gasteiger partial charge in [-0.1, -0.05) is 0 Å². The van der Waals surface area contributed by atoms with Gasteiger partial charge in [0.15, 0.2) is 5.92 Å². The molecule has 0 saturated carbocycles. The lowest BCUT2D eigenvalue weighted by Gasteiger charge is -2.06. The number of fused-ring (bicyclic) bond motifs is 1. The van der Waals surface area contributed by atoms with Crippen LogP contribution in [-0.2, 0) is 0 Å². The molecule has 0 fully saturated rings. The standard InChI is InChI=1S/C12H6N4O2/c13-5-8(6-14)9-1-2-12(16(17)18)10-3-4-15-7-11(9)10/h1-4,7-8H. The lowest BCUT2D eigenvalue weighted by atomic mass is 9.96. The number of nitro groups is 1. The van der Waals surface area contributed by atoms with Crippen molar-refractivity contribution < 1.29 is 4.92 Å². The fraction of sp³-hybridized carbons (Fsp3) is 0.0833. The van der Waals surface area contributed by atoms with E-state index in [9.17, 15) is 10.1 Å². The van der Waals surface area contributed by atoms with Gasteiger partial charge in [-0.3, -0.25) is 15.1 Å². The fourth-order valence-corrected chi connectivity index (χ4v) is 1.78. The monoisotopic (exact) mass is 238 g/mol. The topological polar surface area (TPSA) is 104 Å². The van der Waals surface area contributed by atoms with Crippen LogP contribution in [0.15, 0.2) is 30.6 Å². The molecule has 0 atom stereocenters. The first-order valence-corrected chi connectivity index (χ1v) is 4.99. The Labute approximate surface area is 102 Å². The Morgan fingerprint density at radius 1 is 1.22 bits per heavy atom. The maximum atomic E-state index is 10.9. The fourth-order valence-electron chi connectivity index (χ4n) is 1.78. The summed E-state index contributed by atoms with van der Waals surface area (Å²) in [6, 6.07) is 7.94. The molecule has 2 aromatic rings. The molecule has 1 heterocycles. The summed E-state index contributed by atoms with van der Waals surface area (Å²) >= 11 is 0. The quantitative estimate of drug-likeness (QED) is 0.589. The first-order chi connectivity index (χ1) is 8.69. The number of nitriles is 2. The van der Waals surface area contributed by atoms with Gasteiger partial charge in [0.25, 0.3) is 5.69 Å². The molecule has 0 aliphatic heterocycles. The molecule has 0 amide bonds. The second-order valence-corrected chi connectivity index (χ2v) is 3.54. The van der Waals surface area contributed by atoms with E-state index in [4.69, 9.17) is 10.5 Å². The summed E-state index contributed by atoms with van der Waals surface area (Å²) in [4.78, 5) is 14.3. The van der Waals surface area contributed by atoms with E-state index in [-0.39, 0.29) is 5.69 Å². The number of rotatable bonds is 2. The summed E-state index contributed by atoms with van der Waals surface area (Å²) in [5, 5.41) is 29.5. The Hall–Kier alpha value is -2.99. The lowest BCUT2D eigenvalue weighted by Crippen LogP contribution is -1.97. The molecule has 0 radical (unpaired) electrons. The first-order valence-electron chi connectivity index (χ1n) is 4.99. The second-order valence-electron chi connectivity index (χ2n) is 3.54. The first kappa shape index (κ1) is 11.5.